The molecule has 0 fully saturated rings. The largest absolute Gasteiger partial charge is 0.453 e. The molecule has 25 heavy (non-hydrogen) atoms. The van der Waals surface area contributed by atoms with E-state index in [1.807, 2.05) is 0 Å². The molecule has 0 radical (unpaired) electrons. The summed E-state index contributed by atoms with van der Waals surface area (Å²) in [6, 6.07) is 7.87. The fraction of sp³-hybridized carbons (Fsp3) is 0.0667. The van der Waals surface area contributed by atoms with Crippen molar-refractivity contribution >= 4 is 28.1 Å². The Hall–Kier alpha value is -3.40. The molecule has 3 aromatic rings. The van der Waals surface area contributed by atoms with Crippen LogP contribution in [-0.4, -0.2) is 32.4 Å². The summed E-state index contributed by atoms with van der Waals surface area (Å²) in [6.45, 7) is -0.254. The second-order valence-corrected chi connectivity index (χ2v) is 5.57. The molecule has 0 saturated heterocycles. The Bertz CT molecular complexity index is 900. The molecule has 0 spiro atoms. The zero-order valence-electron chi connectivity index (χ0n) is 12.7. The standard InChI is InChI=1S/C15H11N5O4S/c21-13(8-24-14-16-5-2-6-17-14)19-15-18-12(9-25-15)10-3-1-4-11(7-10)20(22)23/h1-7,9H,8H2,(H,18,19,21). The summed E-state index contributed by atoms with van der Waals surface area (Å²) < 4.78 is 5.14. The van der Waals surface area contributed by atoms with Gasteiger partial charge < -0.3 is 4.74 Å². The van der Waals surface area contributed by atoms with Gasteiger partial charge in [-0.3, -0.25) is 20.2 Å². The molecule has 0 aliphatic heterocycles. The maximum atomic E-state index is 11.9. The summed E-state index contributed by atoms with van der Waals surface area (Å²) in [5.41, 5.74) is 1.11. The summed E-state index contributed by atoms with van der Waals surface area (Å²) in [5, 5.41) is 15.5. The predicted octanol–water partition coefficient (Wildman–Crippen LogP) is 2.53. The van der Waals surface area contributed by atoms with Gasteiger partial charge in [-0.25, -0.2) is 15.0 Å². The summed E-state index contributed by atoms with van der Waals surface area (Å²) in [4.78, 5) is 34.2. The lowest BCUT2D eigenvalue weighted by molar-refractivity contribution is -0.384. The molecule has 9 nitrogen and oxygen atoms in total. The molecule has 1 amide bonds. The number of nitro groups is 1. The number of nitrogens with zero attached hydrogens (tertiary/aromatic N) is 4. The van der Waals surface area contributed by atoms with Gasteiger partial charge in [0.1, 0.15) is 0 Å². The second-order valence-electron chi connectivity index (χ2n) is 4.71. The molecular weight excluding hydrogens is 346 g/mol. The topological polar surface area (TPSA) is 120 Å². The fourth-order valence-corrected chi connectivity index (χ4v) is 2.62. The average Bonchev–Trinajstić information content (AvgIpc) is 3.09. The number of hydrogen-bond acceptors (Lipinski definition) is 8. The van der Waals surface area contributed by atoms with Gasteiger partial charge in [-0.2, -0.15) is 0 Å². The number of carbonyl (C=O) groups is 1. The van der Waals surface area contributed by atoms with Crippen molar-refractivity contribution in [3.05, 3.63) is 58.2 Å². The van der Waals surface area contributed by atoms with E-state index in [4.69, 9.17) is 4.74 Å². The van der Waals surface area contributed by atoms with Gasteiger partial charge in [0.2, 0.25) is 0 Å². The van der Waals surface area contributed by atoms with E-state index < -0.39 is 10.8 Å². The minimum Gasteiger partial charge on any atom is -0.453 e. The molecule has 0 saturated carbocycles. The molecule has 3 rings (SSSR count). The lowest BCUT2D eigenvalue weighted by Gasteiger charge is -2.03. The molecule has 0 bridgehead atoms. The number of amides is 1. The smallest absolute Gasteiger partial charge is 0.316 e. The van der Waals surface area contributed by atoms with Gasteiger partial charge in [-0.15, -0.1) is 11.3 Å². The fourth-order valence-electron chi connectivity index (χ4n) is 1.89. The Labute approximate surface area is 145 Å². The molecule has 0 unspecified atom stereocenters. The van der Waals surface area contributed by atoms with Crippen LogP contribution in [0.15, 0.2) is 48.1 Å². The maximum Gasteiger partial charge on any atom is 0.316 e. The van der Waals surface area contributed by atoms with Crippen molar-refractivity contribution in [1.82, 2.24) is 15.0 Å². The zero-order valence-corrected chi connectivity index (χ0v) is 13.5. The number of aromatic nitrogens is 3. The van der Waals surface area contributed by atoms with Crippen molar-refractivity contribution < 1.29 is 14.5 Å². The number of ether oxygens (including phenoxy) is 1. The van der Waals surface area contributed by atoms with E-state index in [2.05, 4.69) is 20.3 Å². The van der Waals surface area contributed by atoms with Crippen LogP contribution in [0.4, 0.5) is 10.8 Å². The lowest BCUT2D eigenvalue weighted by Crippen LogP contribution is -2.20. The van der Waals surface area contributed by atoms with Crippen LogP contribution >= 0.6 is 11.3 Å². The van der Waals surface area contributed by atoms with E-state index in [9.17, 15) is 14.9 Å². The first-order valence-electron chi connectivity index (χ1n) is 7.02. The van der Waals surface area contributed by atoms with Gasteiger partial charge in [-0.1, -0.05) is 12.1 Å². The van der Waals surface area contributed by atoms with E-state index in [-0.39, 0.29) is 18.3 Å². The van der Waals surface area contributed by atoms with E-state index in [0.717, 1.165) is 0 Å². The minimum absolute atomic E-state index is 0.0210. The van der Waals surface area contributed by atoms with Gasteiger partial charge in [-0.05, 0) is 6.07 Å². The summed E-state index contributed by atoms with van der Waals surface area (Å²) >= 11 is 1.21. The van der Waals surface area contributed by atoms with E-state index >= 15 is 0 Å². The Kier molecular flexibility index (Phi) is 4.90. The molecule has 1 aromatic carbocycles. The molecule has 0 atom stereocenters. The molecule has 2 aromatic heterocycles. The van der Waals surface area contributed by atoms with Gasteiger partial charge in [0, 0.05) is 35.5 Å². The number of benzene rings is 1. The van der Waals surface area contributed by atoms with Gasteiger partial charge in [0.15, 0.2) is 11.7 Å². The van der Waals surface area contributed by atoms with Crippen LogP contribution in [-0.2, 0) is 4.79 Å². The number of non-ortho nitro benzene ring substituents is 1. The van der Waals surface area contributed by atoms with Crippen molar-refractivity contribution in [2.75, 3.05) is 11.9 Å². The number of anilines is 1. The lowest BCUT2D eigenvalue weighted by atomic mass is 10.1. The number of rotatable bonds is 6. The van der Waals surface area contributed by atoms with E-state index in [0.29, 0.717) is 16.4 Å². The van der Waals surface area contributed by atoms with E-state index in [1.165, 1.54) is 35.9 Å². The zero-order chi connectivity index (χ0) is 17.6. The quantitative estimate of drug-likeness (QED) is 0.531. The van der Waals surface area contributed by atoms with Crippen LogP contribution in [0.25, 0.3) is 11.3 Å². The maximum absolute atomic E-state index is 11.9. The third-order valence-electron chi connectivity index (χ3n) is 2.98. The third-order valence-corrected chi connectivity index (χ3v) is 3.74. The van der Waals surface area contributed by atoms with Crippen LogP contribution in [0.3, 0.4) is 0 Å². The number of nitrogens with one attached hydrogen (secondary N) is 1. The van der Waals surface area contributed by atoms with Crippen LogP contribution in [0.1, 0.15) is 0 Å². The minimum atomic E-state index is -0.471. The molecular formula is C15H11N5O4S. The summed E-state index contributed by atoms with van der Waals surface area (Å²) in [5.74, 6) is -0.410. The Morgan fingerprint density at radius 1 is 1.28 bits per heavy atom. The van der Waals surface area contributed by atoms with Crippen molar-refractivity contribution in [3.8, 4) is 17.3 Å². The SMILES string of the molecule is O=C(COc1ncccn1)Nc1nc(-c2cccc([N+](=O)[O-])c2)cs1. The van der Waals surface area contributed by atoms with Crippen LogP contribution in [0.2, 0.25) is 0 Å². The molecule has 2 heterocycles. The first-order chi connectivity index (χ1) is 12.1. The first-order valence-corrected chi connectivity index (χ1v) is 7.90. The number of carbonyl (C=O) groups excluding carboxylic acids is 1. The Morgan fingerprint density at radius 3 is 2.84 bits per heavy atom. The molecule has 10 heteroatoms. The van der Waals surface area contributed by atoms with Crippen molar-refractivity contribution in [2.45, 2.75) is 0 Å². The van der Waals surface area contributed by atoms with Crippen LogP contribution < -0.4 is 10.1 Å². The number of thiazole rings is 1. The van der Waals surface area contributed by atoms with Gasteiger partial charge >= 0.3 is 6.01 Å². The highest BCUT2D eigenvalue weighted by Gasteiger charge is 2.12. The molecule has 0 aliphatic rings. The summed E-state index contributed by atoms with van der Waals surface area (Å²) in [7, 11) is 0. The first kappa shape index (κ1) is 16.5. The van der Waals surface area contributed by atoms with Crippen molar-refractivity contribution in [3.63, 3.8) is 0 Å². The Morgan fingerprint density at radius 2 is 2.08 bits per heavy atom. The number of hydrogen-bond donors (Lipinski definition) is 1. The van der Waals surface area contributed by atoms with E-state index in [1.54, 1.807) is 23.6 Å². The van der Waals surface area contributed by atoms with Crippen LogP contribution in [0, 0.1) is 10.1 Å². The van der Waals surface area contributed by atoms with Crippen molar-refractivity contribution in [2.24, 2.45) is 0 Å². The number of nitro benzene ring substituents is 1. The van der Waals surface area contributed by atoms with Crippen molar-refractivity contribution in [1.29, 1.82) is 0 Å². The Balaban J connectivity index is 1.62. The molecule has 126 valence electrons. The van der Waals surface area contributed by atoms with Crippen LogP contribution in [0.5, 0.6) is 6.01 Å². The highest BCUT2D eigenvalue weighted by Crippen LogP contribution is 2.27. The monoisotopic (exact) mass is 357 g/mol. The molecule has 0 aliphatic carbocycles. The third kappa shape index (κ3) is 4.32. The molecule has 1 N–H and O–H groups in total. The predicted molar refractivity (Wildman–Crippen MR) is 90.4 cm³/mol. The summed E-state index contributed by atoms with van der Waals surface area (Å²) in [6.07, 6.45) is 3.01. The van der Waals surface area contributed by atoms with Gasteiger partial charge in [0.25, 0.3) is 11.6 Å². The highest BCUT2D eigenvalue weighted by molar-refractivity contribution is 7.14. The average molecular weight is 357 g/mol. The van der Waals surface area contributed by atoms with Gasteiger partial charge in [0.05, 0.1) is 10.6 Å². The normalized spacial score (nSPS) is 10.2. The highest BCUT2D eigenvalue weighted by atomic mass is 32.1. The second kappa shape index (κ2) is 7.45.